The van der Waals surface area contributed by atoms with E-state index in [1.54, 1.807) is 6.92 Å². The number of piperidine rings is 1. The number of aliphatic carboxylic acids is 1. The number of carboxylic acid groups (broad SMARTS) is 1. The summed E-state index contributed by atoms with van der Waals surface area (Å²) < 4.78 is 26.2. The highest BCUT2D eigenvalue weighted by molar-refractivity contribution is 7.91. The van der Waals surface area contributed by atoms with Crippen LogP contribution in [0, 0.1) is 16.7 Å². The number of nitrogens with zero attached hydrogens (tertiary/aromatic N) is 2. The molecule has 1 saturated heterocycles. The summed E-state index contributed by atoms with van der Waals surface area (Å²) >= 11 is 0.904. The first-order valence-corrected chi connectivity index (χ1v) is 8.29. The number of carbonyl (C=O) groups is 1. The van der Waals surface area contributed by atoms with Crippen molar-refractivity contribution in [1.82, 2.24) is 4.31 Å². The average Bonchev–Trinajstić information content (AvgIpc) is 2.88. The van der Waals surface area contributed by atoms with E-state index in [-0.39, 0.29) is 10.8 Å². The Balaban J connectivity index is 2.30. The number of sulfonamides is 1. The Hall–Kier alpha value is -1.43. The van der Waals surface area contributed by atoms with Crippen LogP contribution in [0.25, 0.3) is 0 Å². The SMILES string of the molecule is CC1(C(=O)O)CCCN(S(=O)(=O)c2ccc(C#N)s2)C1. The van der Waals surface area contributed by atoms with Crippen molar-refractivity contribution in [2.45, 2.75) is 24.0 Å². The van der Waals surface area contributed by atoms with Gasteiger partial charge in [-0.25, -0.2) is 8.42 Å². The average molecular weight is 314 g/mol. The lowest BCUT2D eigenvalue weighted by Gasteiger charge is -2.36. The summed E-state index contributed by atoms with van der Waals surface area (Å²) in [7, 11) is -3.72. The summed E-state index contributed by atoms with van der Waals surface area (Å²) in [6.45, 7) is 1.83. The number of rotatable bonds is 3. The van der Waals surface area contributed by atoms with Crippen LogP contribution in [0.5, 0.6) is 0 Å². The smallest absolute Gasteiger partial charge is 0.310 e. The van der Waals surface area contributed by atoms with Gasteiger partial charge in [-0.2, -0.15) is 9.57 Å². The van der Waals surface area contributed by atoms with Gasteiger partial charge >= 0.3 is 5.97 Å². The molecular formula is C12H14N2O4S2. The number of nitriles is 1. The van der Waals surface area contributed by atoms with Crippen LogP contribution in [0.4, 0.5) is 0 Å². The molecule has 8 heteroatoms. The summed E-state index contributed by atoms with van der Waals surface area (Å²) in [6.07, 6.45) is 0.973. The molecule has 2 rings (SSSR count). The maximum atomic E-state index is 12.5. The molecule has 20 heavy (non-hydrogen) atoms. The van der Waals surface area contributed by atoms with Crippen LogP contribution in [0.2, 0.25) is 0 Å². The topological polar surface area (TPSA) is 98.5 Å². The van der Waals surface area contributed by atoms with Gasteiger partial charge < -0.3 is 5.11 Å². The second-order valence-electron chi connectivity index (χ2n) is 5.04. The molecule has 6 nitrogen and oxygen atoms in total. The lowest BCUT2D eigenvalue weighted by molar-refractivity contribution is -0.150. The number of carboxylic acids is 1. The van der Waals surface area contributed by atoms with Crippen LogP contribution in [0.1, 0.15) is 24.6 Å². The highest BCUT2D eigenvalue weighted by Gasteiger charge is 2.42. The maximum absolute atomic E-state index is 12.5. The molecule has 1 aromatic heterocycles. The van der Waals surface area contributed by atoms with Crippen LogP contribution >= 0.6 is 11.3 Å². The van der Waals surface area contributed by atoms with Crippen molar-refractivity contribution in [2.24, 2.45) is 5.41 Å². The predicted molar refractivity (Wildman–Crippen MR) is 72.8 cm³/mol. The van der Waals surface area contributed by atoms with E-state index in [2.05, 4.69) is 0 Å². The van der Waals surface area contributed by atoms with Crippen LogP contribution in [-0.4, -0.2) is 36.9 Å². The van der Waals surface area contributed by atoms with Gasteiger partial charge in [-0.1, -0.05) is 0 Å². The van der Waals surface area contributed by atoms with Crippen molar-refractivity contribution < 1.29 is 18.3 Å². The lowest BCUT2D eigenvalue weighted by atomic mass is 9.83. The molecule has 1 N–H and O–H groups in total. The van der Waals surface area contributed by atoms with Crippen molar-refractivity contribution in [3.63, 3.8) is 0 Å². The zero-order valence-electron chi connectivity index (χ0n) is 10.9. The third kappa shape index (κ3) is 2.57. The fourth-order valence-corrected chi connectivity index (χ4v) is 5.08. The van der Waals surface area contributed by atoms with Crippen LogP contribution in [0.3, 0.4) is 0 Å². The molecular weight excluding hydrogens is 300 g/mol. The molecule has 0 amide bonds. The zero-order valence-corrected chi connectivity index (χ0v) is 12.5. The van der Waals surface area contributed by atoms with Gasteiger partial charge in [0.2, 0.25) is 0 Å². The Morgan fingerprint density at radius 3 is 2.80 bits per heavy atom. The first-order chi connectivity index (χ1) is 9.29. The highest BCUT2D eigenvalue weighted by atomic mass is 32.2. The Bertz CT molecular complexity index is 674. The lowest BCUT2D eigenvalue weighted by Crippen LogP contribution is -2.48. The monoisotopic (exact) mass is 314 g/mol. The number of hydrogen-bond donors (Lipinski definition) is 1. The molecule has 2 heterocycles. The molecule has 0 saturated carbocycles. The summed E-state index contributed by atoms with van der Waals surface area (Å²) in [5.41, 5.74) is -1.05. The fraction of sp³-hybridized carbons (Fsp3) is 0.500. The normalized spacial score (nSPS) is 24.2. The maximum Gasteiger partial charge on any atom is 0.310 e. The Kier molecular flexibility index (Phi) is 3.86. The summed E-state index contributed by atoms with van der Waals surface area (Å²) in [5, 5.41) is 18.0. The van der Waals surface area contributed by atoms with Crippen molar-refractivity contribution >= 4 is 27.3 Å². The summed E-state index contributed by atoms with van der Waals surface area (Å²) in [4.78, 5) is 11.6. The van der Waals surface area contributed by atoms with E-state index in [0.29, 0.717) is 24.3 Å². The Morgan fingerprint density at radius 1 is 1.55 bits per heavy atom. The Morgan fingerprint density at radius 2 is 2.25 bits per heavy atom. The van der Waals surface area contributed by atoms with Gasteiger partial charge in [-0.3, -0.25) is 4.79 Å². The Labute approximate surface area is 121 Å². The third-order valence-electron chi connectivity index (χ3n) is 3.46. The van der Waals surface area contributed by atoms with E-state index >= 15 is 0 Å². The predicted octanol–water partition coefficient (Wildman–Crippen LogP) is 1.50. The fourth-order valence-electron chi connectivity index (χ4n) is 2.22. The zero-order chi connectivity index (χ0) is 15.0. The minimum atomic E-state index is -3.72. The minimum Gasteiger partial charge on any atom is -0.481 e. The highest BCUT2D eigenvalue weighted by Crippen LogP contribution is 2.34. The van der Waals surface area contributed by atoms with Crippen molar-refractivity contribution in [1.29, 1.82) is 5.26 Å². The van der Waals surface area contributed by atoms with Gasteiger partial charge in [0, 0.05) is 13.1 Å². The van der Waals surface area contributed by atoms with Crippen LogP contribution in [-0.2, 0) is 14.8 Å². The number of hydrogen-bond acceptors (Lipinski definition) is 5. The van der Waals surface area contributed by atoms with Gasteiger partial charge in [-0.15, -0.1) is 11.3 Å². The summed E-state index contributed by atoms with van der Waals surface area (Å²) in [5.74, 6) is -0.985. The van der Waals surface area contributed by atoms with E-state index in [9.17, 15) is 18.3 Å². The summed E-state index contributed by atoms with van der Waals surface area (Å²) in [6, 6.07) is 4.75. The minimum absolute atomic E-state index is 0.0372. The van der Waals surface area contributed by atoms with Crippen molar-refractivity contribution in [2.75, 3.05) is 13.1 Å². The van der Waals surface area contributed by atoms with Gasteiger partial charge in [0.25, 0.3) is 10.0 Å². The van der Waals surface area contributed by atoms with E-state index in [0.717, 1.165) is 11.3 Å². The molecule has 0 spiro atoms. The molecule has 0 aromatic carbocycles. The van der Waals surface area contributed by atoms with Crippen LogP contribution < -0.4 is 0 Å². The first kappa shape index (κ1) is 15.0. The van der Waals surface area contributed by atoms with Gasteiger partial charge in [0.1, 0.15) is 15.2 Å². The second kappa shape index (κ2) is 5.16. The van der Waals surface area contributed by atoms with Gasteiger partial charge in [0.05, 0.1) is 5.41 Å². The molecule has 108 valence electrons. The standard InChI is InChI=1S/C12H14N2O4S2/c1-12(11(15)16)5-2-6-14(8-12)20(17,18)10-4-3-9(7-13)19-10/h3-4H,2,5-6,8H2,1H3,(H,15,16). The molecule has 0 radical (unpaired) electrons. The molecule has 1 aliphatic heterocycles. The van der Waals surface area contributed by atoms with E-state index in [1.165, 1.54) is 16.4 Å². The quantitative estimate of drug-likeness (QED) is 0.911. The number of thiophene rings is 1. The van der Waals surface area contributed by atoms with Crippen LogP contribution in [0.15, 0.2) is 16.3 Å². The second-order valence-corrected chi connectivity index (χ2v) is 8.29. The van der Waals surface area contributed by atoms with Crippen molar-refractivity contribution in [3.8, 4) is 6.07 Å². The van der Waals surface area contributed by atoms with Gasteiger partial charge in [0.15, 0.2) is 0 Å². The molecule has 0 bridgehead atoms. The third-order valence-corrected chi connectivity index (χ3v) is 6.77. The van der Waals surface area contributed by atoms with E-state index in [4.69, 9.17) is 5.26 Å². The molecule has 1 atom stereocenters. The molecule has 0 aliphatic carbocycles. The molecule has 1 aliphatic rings. The van der Waals surface area contributed by atoms with E-state index < -0.39 is 21.4 Å². The van der Waals surface area contributed by atoms with Crippen molar-refractivity contribution in [3.05, 3.63) is 17.0 Å². The largest absolute Gasteiger partial charge is 0.481 e. The molecule has 1 fully saturated rings. The molecule has 1 aromatic rings. The molecule has 1 unspecified atom stereocenters. The first-order valence-electron chi connectivity index (χ1n) is 6.03. The van der Waals surface area contributed by atoms with E-state index in [1.807, 2.05) is 6.07 Å². The van der Waals surface area contributed by atoms with Gasteiger partial charge in [-0.05, 0) is 31.9 Å².